The van der Waals surface area contributed by atoms with Gasteiger partial charge in [-0.05, 0) is 13.8 Å². The van der Waals surface area contributed by atoms with Gasteiger partial charge in [0.05, 0.1) is 28.4 Å². The number of rotatable bonds is 4. The third kappa shape index (κ3) is 1.75. The molecule has 0 radical (unpaired) electrons. The first-order chi connectivity index (χ1) is 7.62. The molecule has 0 fully saturated rings. The van der Waals surface area contributed by atoms with Crippen molar-refractivity contribution in [3.63, 3.8) is 0 Å². The molecule has 0 saturated carbocycles. The van der Waals surface area contributed by atoms with E-state index in [1.807, 2.05) is 13.8 Å². The molecule has 0 bridgehead atoms. The molecule has 1 aromatic carbocycles. The van der Waals surface area contributed by atoms with Gasteiger partial charge in [-0.3, -0.25) is 0 Å². The summed E-state index contributed by atoms with van der Waals surface area (Å²) in [6.45, 7) is 3.91. The van der Waals surface area contributed by atoms with Crippen LogP contribution < -0.4 is 18.9 Å². The summed E-state index contributed by atoms with van der Waals surface area (Å²) >= 11 is 0. The van der Waals surface area contributed by atoms with Gasteiger partial charge in [-0.1, -0.05) is 0 Å². The van der Waals surface area contributed by atoms with Crippen LogP contribution in [-0.4, -0.2) is 28.4 Å². The summed E-state index contributed by atoms with van der Waals surface area (Å²) in [4.78, 5) is 0. The third-order valence-electron chi connectivity index (χ3n) is 2.68. The molecule has 1 rings (SSSR count). The largest absolute Gasteiger partial charge is 0.492 e. The molecule has 0 aliphatic heterocycles. The van der Waals surface area contributed by atoms with Gasteiger partial charge in [0, 0.05) is 11.1 Å². The van der Waals surface area contributed by atoms with Crippen molar-refractivity contribution in [3.05, 3.63) is 11.1 Å². The summed E-state index contributed by atoms with van der Waals surface area (Å²) in [6.07, 6.45) is 0. The summed E-state index contributed by atoms with van der Waals surface area (Å²) in [5.74, 6) is 2.48. The lowest BCUT2D eigenvalue weighted by atomic mass is 10.1. The summed E-state index contributed by atoms with van der Waals surface area (Å²) < 4.78 is 21.3. The summed E-state index contributed by atoms with van der Waals surface area (Å²) in [7, 11) is 6.37. The standard InChI is InChI=1S/C12H18O4/c1-7-8(2)10(14-4)12(16-6)11(15-5)9(7)13-3/h1-6H3. The Morgan fingerprint density at radius 3 is 0.938 bits per heavy atom. The molecule has 16 heavy (non-hydrogen) atoms. The molecule has 4 heteroatoms. The molecular formula is C12H18O4. The highest BCUT2D eigenvalue weighted by atomic mass is 16.5. The molecule has 1 aromatic rings. The Kier molecular flexibility index (Phi) is 3.88. The van der Waals surface area contributed by atoms with E-state index in [0.29, 0.717) is 23.0 Å². The predicted octanol–water partition coefficient (Wildman–Crippen LogP) is 2.34. The maximum absolute atomic E-state index is 5.33. The molecular weight excluding hydrogens is 208 g/mol. The van der Waals surface area contributed by atoms with Crippen LogP contribution in [0.1, 0.15) is 11.1 Å². The van der Waals surface area contributed by atoms with Gasteiger partial charge in [0.2, 0.25) is 11.5 Å². The van der Waals surface area contributed by atoms with Gasteiger partial charge in [-0.15, -0.1) is 0 Å². The van der Waals surface area contributed by atoms with Gasteiger partial charge in [0.1, 0.15) is 0 Å². The molecule has 0 aromatic heterocycles. The zero-order valence-corrected chi connectivity index (χ0v) is 10.6. The van der Waals surface area contributed by atoms with Crippen molar-refractivity contribution in [3.8, 4) is 23.0 Å². The van der Waals surface area contributed by atoms with Gasteiger partial charge >= 0.3 is 0 Å². The van der Waals surface area contributed by atoms with Crippen molar-refractivity contribution >= 4 is 0 Å². The van der Waals surface area contributed by atoms with Crippen LogP contribution in [-0.2, 0) is 0 Å². The second-order valence-electron chi connectivity index (χ2n) is 3.38. The van der Waals surface area contributed by atoms with Crippen molar-refractivity contribution in [1.82, 2.24) is 0 Å². The normalized spacial score (nSPS) is 9.88. The highest BCUT2D eigenvalue weighted by Crippen LogP contribution is 2.48. The Labute approximate surface area is 96.1 Å². The molecule has 0 amide bonds. The fourth-order valence-electron chi connectivity index (χ4n) is 1.75. The zero-order chi connectivity index (χ0) is 12.3. The van der Waals surface area contributed by atoms with Crippen molar-refractivity contribution < 1.29 is 18.9 Å². The van der Waals surface area contributed by atoms with Crippen LogP contribution in [0.15, 0.2) is 0 Å². The minimum absolute atomic E-state index is 0.560. The predicted molar refractivity (Wildman–Crippen MR) is 62.1 cm³/mol. The number of ether oxygens (including phenoxy) is 4. The van der Waals surface area contributed by atoms with Crippen LogP contribution in [0, 0.1) is 13.8 Å². The first kappa shape index (κ1) is 12.5. The van der Waals surface area contributed by atoms with Gasteiger partial charge in [-0.2, -0.15) is 0 Å². The summed E-state index contributed by atoms with van der Waals surface area (Å²) in [5, 5.41) is 0. The highest BCUT2D eigenvalue weighted by Gasteiger charge is 2.22. The minimum Gasteiger partial charge on any atom is -0.492 e. The van der Waals surface area contributed by atoms with Crippen LogP contribution in [0.3, 0.4) is 0 Å². The minimum atomic E-state index is 0.560. The van der Waals surface area contributed by atoms with Gasteiger partial charge in [0.15, 0.2) is 11.5 Å². The first-order valence-electron chi connectivity index (χ1n) is 4.95. The van der Waals surface area contributed by atoms with E-state index in [4.69, 9.17) is 18.9 Å². The quantitative estimate of drug-likeness (QED) is 0.789. The molecule has 0 N–H and O–H groups in total. The van der Waals surface area contributed by atoms with E-state index in [1.165, 1.54) is 0 Å². The fraction of sp³-hybridized carbons (Fsp3) is 0.500. The van der Waals surface area contributed by atoms with Crippen LogP contribution in [0.5, 0.6) is 23.0 Å². The van der Waals surface area contributed by atoms with E-state index in [0.717, 1.165) is 11.1 Å². The molecule has 0 unspecified atom stereocenters. The van der Waals surface area contributed by atoms with Crippen LogP contribution in [0.2, 0.25) is 0 Å². The van der Waals surface area contributed by atoms with E-state index < -0.39 is 0 Å². The average molecular weight is 226 g/mol. The Bertz CT molecular complexity index is 348. The maximum atomic E-state index is 5.33. The number of methoxy groups -OCH3 is 4. The molecule has 0 atom stereocenters. The van der Waals surface area contributed by atoms with Crippen molar-refractivity contribution in [2.45, 2.75) is 13.8 Å². The molecule has 4 nitrogen and oxygen atoms in total. The van der Waals surface area contributed by atoms with Gasteiger partial charge in [-0.25, -0.2) is 0 Å². The lowest BCUT2D eigenvalue weighted by molar-refractivity contribution is 0.303. The molecule has 0 heterocycles. The first-order valence-corrected chi connectivity index (χ1v) is 4.95. The van der Waals surface area contributed by atoms with E-state index in [9.17, 15) is 0 Å². The van der Waals surface area contributed by atoms with Crippen molar-refractivity contribution in [2.24, 2.45) is 0 Å². The van der Waals surface area contributed by atoms with Gasteiger partial charge in [0.25, 0.3) is 0 Å². The average Bonchev–Trinajstić information content (AvgIpc) is 2.31. The number of hydrogen-bond donors (Lipinski definition) is 0. The molecule has 0 aliphatic rings. The van der Waals surface area contributed by atoms with E-state index in [2.05, 4.69) is 0 Å². The Morgan fingerprint density at radius 2 is 0.750 bits per heavy atom. The maximum Gasteiger partial charge on any atom is 0.207 e. The van der Waals surface area contributed by atoms with E-state index in [1.54, 1.807) is 28.4 Å². The molecule has 0 saturated heterocycles. The summed E-state index contributed by atoms with van der Waals surface area (Å²) in [5.41, 5.74) is 1.97. The molecule has 0 spiro atoms. The highest BCUT2D eigenvalue weighted by molar-refractivity contribution is 5.66. The topological polar surface area (TPSA) is 36.9 Å². The van der Waals surface area contributed by atoms with Crippen LogP contribution >= 0.6 is 0 Å². The SMILES string of the molecule is COc1c(C)c(C)c(OC)c(OC)c1OC. The smallest absolute Gasteiger partial charge is 0.207 e. The van der Waals surface area contributed by atoms with Gasteiger partial charge < -0.3 is 18.9 Å². The van der Waals surface area contributed by atoms with Crippen LogP contribution in [0.25, 0.3) is 0 Å². The summed E-state index contributed by atoms with van der Waals surface area (Å²) in [6, 6.07) is 0. The number of benzene rings is 1. The Hall–Kier alpha value is -1.58. The van der Waals surface area contributed by atoms with Crippen LogP contribution in [0.4, 0.5) is 0 Å². The lowest BCUT2D eigenvalue weighted by Gasteiger charge is -2.19. The second-order valence-corrected chi connectivity index (χ2v) is 3.38. The Morgan fingerprint density at radius 1 is 0.500 bits per heavy atom. The molecule has 90 valence electrons. The van der Waals surface area contributed by atoms with Crippen molar-refractivity contribution in [1.29, 1.82) is 0 Å². The van der Waals surface area contributed by atoms with E-state index in [-0.39, 0.29) is 0 Å². The second kappa shape index (κ2) is 4.96. The van der Waals surface area contributed by atoms with E-state index >= 15 is 0 Å². The third-order valence-corrected chi connectivity index (χ3v) is 2.68. The zero-order valence-electron chi connectivity index (χ0n) is 10.6. The molecule has 0 aliphatic carbocycles. The van der Waals surface area contributed by atoms with Crippen molar-refractivity contribution in [2.75, 3.05) is 28.4 Å². The number of hydrogen-bond acceptors (Lipinski definition) is 4. The fourth-order valence-corrected chi connectivity index (χ4v) is 1.75. The Balaban J connectivity index is 3.61. The monoisotopic (exact) mass is 226 g/mol. The lowest BCUT2D eigenvalue weighted by Crippen LogP contribution is -2.02.